The van der Waals surface area contributed by atoms with Crippen molar-refractivity contribution in [3.63, 3.8) is 0 Å². The number of nitrogens with one attached hydrogen (secondary N) is 1. The number of hydrogen-bond donors (Lipinski definition) is 2. The molecule has 0 fully saturated rings. The molecule has 2 aromatic rings. The van der Waals surface area contributed by atoms with Gasteiger partial charge in [-0.15, -0.1) is 0 Å². The fourth-order valence-corrected chi connectivity index (χ4v) is 1.91. The number of phenols is 1. The minimum atomic E-state index is -0.808. The van der Waals surface area contributed by atoms with Crippen LogP contribution in [-0.4, -0.2) is 34.0 Å². The molecule has 0 saturated carbocycles. The molecule has 0 heterocycles. The van der Waals surface area contributed by atoms with Crippen molar-refractivity contribution in [1.82, 2.24) is 5.32 Å². The summed E-state index contributed by atoms with van der Waals surface area (Å²) in [4.78, 5) is 32.0. The number of nitrogens with zero attached hydrogens (tertiary/aromatic N) is 2. The van der Waals surface area contributed by atoms with E-state index >= 15 is 0 Å². The van der Waals surface area contributed by atoms with Gasteiger partial charge in [-0.25, -0.2) is 0 Å². The van der Waals surface area contributed by atoms with Crippen LogP contribution in [0.4, 0.5) is 11.4 Å². The van der Waals surface area contributed by atoms with E-state index in [1.165, 1.54) is 12.1 Å². The zero-order chi connectivity index (χ0) is 18.4. The Morgan fingerprint density at radius 3 is 2.12 bits per heavy atom. The number of phenolic OH excluding ortho intramolecular Hbond substituents is 1. The number of benzene rings is 2. The van der Waals surface area contributed by atoms with Gasteiger partial charge in [-0.3, -0.25) is 25.0 Å². The summed E-state index contributed by atoms with van der Waals surface area (Å²) in [6, 6.07) is 8.67. The van der Waals surface area contributed by atoms with E-state index < -0.39 is 27.1 Å². The van der Waals surface area contributed by atoms with Crippen molar-refractivity contribution in [2.45, 2.75) is 0 Å². The fourth-order valence-electron chi connectivity index (χ4n) is 1.91. The van der Waals surface area contributed by atoms with Gasteiger partial charge in [-0.05, 0) is 24.3 Å². The fraction of sp³-hybridized carbons (Fsp3) is 0.133. The molecular formula is C15H13N3O7. The number of hydrogen-bond acceptors (Lipinski definition) is 7. The smallest absolute Gasteiger partial charge is 0.277 e. The van der Waals surface area contributed by atoms with E-state index in [0.717, 1.165) is 18.2 Å². The predicted octanol–water partition coefficient (Wildman–Crippen LogP) is 2.02. The Balaban J connectivity index is 1.96. The van der Waals surface area contributed by atoms with Crippen molar-refractivity contribution in [3.8, 4) is 11.5 Å². The van der Waals surface area contributed by atoms with Gasteiger partial charge in [-0.2, -0.15) is 0 Å². The highest BCUT2D eigenvalue weighted by Crippen LogP contribution is 2.22. The number of aromatic hydroxyl groups is 1. The second-order valence-corrected chi connectivity index (χ2v) is 4.85. The van der Waals surface area contributed by atoms with Crippen molar-refractivity contribution < 1.29 is 24.5 Å². The molecule has 25 heavy (non-hydrogen) atoms. The summed E-state index contributed by atoms with van der Waals surface area (Å²) in [6.45, 7) is 0.184. The summed E-state index contributed by atoms with van der Waals surface area (Å²) < 4.78 is 5.33. The summed E-state index contributed by atoms with van der Waals surface area (Å²) in [7, 11) is 0. The lowest BCUT2D eigenvalue weighted by Crippen LogP contribution is -2.28. The zero-order valence-corrected chi connectivity index (χ0v) is 12.7. The zero-order valence-electron chi connectivity index (χ0n) is 12.7. The second-order valence-electron chi connectivity index (χ2n) is 4.85. The third-order valence-corrected chi connectivity index (χ3v) is 3.08. The number of nitro benzene ring substituents is 2. The Morgan fingerprint density at radius 2 is 1.60 bits per heavy atom. The van der Waals surface area contributed by atoms with Gasteiger partial charge in [0, 0.05) is 12.1 Å². The molecule has 0 aliphatic carbocycles. The maximum absolute atomic E-state index is 12.0. The van der Waals surface area contributed by atoms with E-state index in [-0.39, 0.29) is 24.5 Å². The third-order valence-electron chi connectivity index (χ3n) is 3.08. The number of nitro groups is 2. The number of carbonyl (C=O) groups is 1. The molecule has 2 N–H and O–H groups in total. The van der Waals surface area contributed by atoms with E-state index in [9.17, 15) is 25.0 Å². The molecule has 0 spiro atoms. The van der Waals surface area contributed by atoms with E-state index in [0.29, 0.717) is 5.75 Å². The van der Waals surface area contributed by atoms with Gasteiger partial charge in [0.05, 0.1) is 28.0 Å². The van der Waals surface area contributed by atoms with Gasteiger partial charge in [0.25, 0.3) is 17.3 Å². The highest BCUT2D eigenvalue weighted by atomic mass is 16.6. The van der Waals surface area contributed by atoms with Crippen LogP contribution < -0.4 is 10.1 Å². The molecular weight excluding hydrogens is 334 g/mol. The summed E-state index contributed by atoms with van der Waals surface area (Å²) in [6.07, 6.45) is 0. The molecule has 0 bridgehead atoms. The van der Waals surface area contributed by atoms with Gasteiger partial charge in [0.15, 0.2) is 0 Å². The Hall–Kier alpha value is -3.69. The topological polar surface area (TPSA) is 145 Å². The van der Waals surface area contributed by atoms with Crippen molar-refractivity contribution in [1.29, 1.82) is 0 Å². The molecule has 0 atom stereocenters. The molecule has 10 heteroatoms. The van der Waals surface area contributed by atoms with Crippen LogP contribution in [0.2, 0.25) is 0 Å². The second kappa shape index (κ2) is 7.73. The minimum Gasteiger partial charge on any atom is -0.508 e. The summed E-state index contributed by atoms with van der Waals surface area (Å²) in [5.74, 6) is -0.118. The molecule has 0 radical (unpaired) electrons. The van der Waals surface area contributed by atoms with Crippen molar-refractivity contribution >= 4 is 17.3 Å². The average Bonchev–Trinajstić information content (AvgIpc) is 2.59. The molecule has 0 aliphatic heterocycles. The lowest BCUT2D eigenvalue weighted by molar-refractivity contribution is -0.394. The quantitative estimate of drug-likeness (QED) is 0.442. The van der Waals surface area contributed by atoms with E-state index in [1.54, 1.807) is 12.1 Å². The van der Waals surface area contributed by atoms with Crippen LogP contribution in [0.15, 0.2) is 42.5 Å². The maximum atomic E-state index is 12.0. The Kier molecular flexibility index (Phi) is 5.46. The van der Waals surface area contributed by atoms with Crippen LogP contribution in [0.5, 0.6) is 11.5 Å². The van der Waals surface area contributed by atoms with Gasteiger partial charge < -0.3 is 15.2 Å². The first-order chi connectivity index (χ1) is 11.9. The first kappa shape index (κ1) is 17.7. The van der Waals surface area contributed by atoms with E-state index in [2.05, 4.69) is 5.32 Å². The number of rotatable bonds is 7. The monoisotopic (exact) mass is 347 g/mol. The van der Waals surface area contributed by atoms with Crippen LogP contribution >= 0.6 is 0 Å². The van der Waals surface area contributed by atoms with Crippen LogP contribution in [-0.2, 0) is 0 Å². The molecule has 130 valence electrons. The average molecular weight is 347 g/mol. The summed E-state index contributed by atoms with van der Waals surface area (Å²) in [5.41, 5.74) is -1.27. The summed E-state index contributed by atoms with van der Waals surface area (Å²) in [5, 5.41) is 33.2. The minimum absolute atomic E-state index is 0.0796. The molecule has 0 aliphatic rings. The number of amides is 1. The van der Waals surface area contributed by atoms with E-state index in [1.807, 2.05) is 0 Å². The van der Waals surface area contributed by atoms with Crippen LogP contribution in [0, 0.1) is 20.2 Å². The number of non-ortho nitro benzene ring substituents is 2. The largest absolute Gasteiger partial charge is 0.508 e. The van der Waals surface area contributed by atoms with Crippen molar-refractivity contribution in [2.75, 3.05) is 13.2 Å². The predicted molar refractivity (Wildman–Crippen MR) is 85.7 cm³/mol. The Morgan fingerprint density at radius 1 is 1.04 bits per heavy atom. The van der Waals surface area contributed by atoms with Crippen LogP contribution in [0.25, 0.3) is 0 Å². The van der Waals surface area contributed by atoms with Gasteiger partial charge in [-0.1, -0.05) is 0 Å². The normalized spacial score (nSPS) is 10.1. The van der Waals surface area contributed by atoms with Gasteiger partial charge >= 0.3 is 0 Å². The number of carbonyl (C=O) groups excluding carboxylic acids is 1. The Bertz CT molecular complexity index is 773. The van der Waals surface area contributed by atoms with Crippen molar-refractivity contribution in [2.24, 2.45) is 0 Å². The lowest BCUT2D eigenvalue weighted by atomic mass is 10.1. The van der Waals surface area contributed by atoms with Gasteiger partial charge in [0.1, 0.15) is 18.1 Å². The Labute approximate surface area is 141 Å². The highest BCUT2D eigenvalue weighted by molar-refractivity contribution is 5.95. The lowest BCUT2D eigenvalue weighted by Gasteiger charge is -2.08. The summed E-state index contributed by atoms with van der Waals surface area (Å²) >= 11 is 0. The third kappa shape index (κ3) is 4.89. The molecule has 0 aromatic heterocycles. The molecule has 1 amide bonds. The number of ether oxygens (including phenoxy) is 1. The standard InChI is InChI=1S/C15H13N3O7/c19-13-1-3-14(4-2-13)25-6-5-16-15(20)10-7-11(17(21)22)9-12(8-10)18(23)24/h1-4,7-9,19H,5-6H2,(H,16,20). The highest BCUT2D eigenvalue weighted by Gasteiger charge is 2.19. The first-order valence-electron chi connectivity index (χ1n) is 7.01. The first-order valence-corrected chi connectivity index (χ1v) is 7.01. The van der Waals surface area contributed by atoms with Crippen LogP contribution in [0.1, 0.15) is 10.4 Å². The molecule has 2 rings (SSSR count). The van der Waals surface area contributed by atoms with E-state index in [4.69, 9.17) is 9.84 Å². The molecule has 0 unspecified atom stereocenters. The molecule has 10 nitrogen and oxygen atoms in total. The van der Waals surface area contributed by atoms with Crippen LogP contribution in [0.3, 0.4) is 0 Å². The molecule has 0 saturated heterocycles. The van der Waals surface area contributed by atoms with Crippen molar-refractivity contribution in [3.05, 3.63) is 68.3 Å². The van der Waals surface area contributed by atoms with Gasteiger partial charge in [0.2, 0.25) is 0 Å². The maximum Gasteiger partial charge on any atom is 0.277 e. The SMILES string of the molecule is O=C(NCCOc1ccc(O)cc1)c1cc([N+](=O)[O-])cc([N+](=O)[O-])c1. The molecule has 2 aromatic carbocycles.